The summed E-state index contributed by atoms with van der Waals surface area (Å²) in [5, 5.41) is 20.0. The lowest BCUT2D eigenvalue weighted by Crippen LogP contribution is -2.60. The first-order chi connectivity index (χ1) is 19.1. The number of H-pyrrole nitrogens is 1. The third kappa shape index (κ3) is 7.22. The number of ether oxygens (including phenoxy) is 1. The zero-order valence-electron chi connectivity index (χ0n) is 23.1. The van der Waals surface area contributed by atoms with E-state index >= 15 is 0 Å². The number of hydrogen-bond donors (Lipinski definition) is 4. The number of rotatable bonds is 10. The van der Waals surface area contributed by atoms with Gasteiger partial charge in [0.2, 0.25) is 5.82 Å². The predicted octanol–water partition coefficient (Wildman–Crippen LogP) is 3.65. The van der Waals surface area contributed by atoms with Gasteiger partial charge in [0.25, 0.3) is 5.91 Å². The van der Waals surface area contributed by atoms with E-state index in [1.54, 1.807) is 24.3 Å². The van der Waals surface area contributed by atoms with Gasteiger partial charge in [0.05, 0.1) is 0 Å². The van der Waals surface area contributed by atoms with Gasteiger partial charge in [-0.25, -0.2) is 4.79 Å². The number of carbonyl (C=O) groups excluding carboxylic acids is 3. The summed E-state index contributed by atoms with van der Waals surface area (Å²) in [6.07, 6.45) is 2.35. The van der Waals surface area contributed by atoms with E-state index < -0.39 is 23.1 Å². The smallest absolute Gasteiger partial charge is 0.407 e. The van der Waals surface area contributed by atoms with Crippen LogP contribution in [0, 0.1) is 11.8 Å². The molecule has 0 radical (unpaired) electrons. The summed E-state index contributed by atoms with van der Waals surface area (Å²) in [7, 11) is 0. The Morgan fingerprint density at radius 3 is 2.25 bits per heavy atom. The molecule has 3 aromatic rings. The summed E-state index contributed by atoms with van der Waals surface area (Å²) in [6.45, 7) is 5.94. The number of primary amides is 1. The van der Waals surface area contributed by atoms with E-state index in [0.29, 0.717) is 30.9 Å². The fourth-order valence-corrected chi connectivity index (χ4v) is 5.12. The third-order valence-corrected chi connectivity index (χ3v) is 7.15. The van der Waals surface area contributed by atoms with Gasteiger partial charge < -0.3 is 21.1 Å². The van der Waals surface area contributed by atoms with Crippen LogP contribution in [0.15, 0.2) is 54.6 Å². The van der Waals surface area contributed by atoms with Crippen LogP contribution in [0.4, 0.5) is 10.5 Å². The molecular weight excluding hydrogens is 510 g/mol. The zero-order valence-corrected chi connectivity index (χ0v) is 23.1. The van der Waals surface area contributed by atoms with Crippen LogP contribution in [0.2, 0.25) is 0 Å². The minimum Gasteiger partial charge on any atom is -0.444 e. The van der Waals surface area contributed by atoms with E-state index in [9.17, 15) is 14.4 Å². The molecule has 1 saturated carbocycles. The standard InChI is InChI=1S/C29H37N7O4/c1-28(2,3)40-27(39)31-18-20-9-11-21(12-10-20)24(37)29(26(30)38,17-19-7-5-4-6-8-19)32-23-15-13-22(14-16-23)25-33-35-36-34-25/h4-8,13-16,20-21,32H,9-12,17-18H2,1-3H3,(H2,30,38)(H,31,39)(H,33,34,35,36)/t20?,21?,29-/m1/s1. The van der Waals surface area contributed by atoms with Gasteiger partial charge in [-0.1, -0.05) is 30.3 Å². The van der Waals surface area contributed by atoms with E-state index in [1.165, 1.54) is 0 Å². The molecule has 2 amide bonds. The number of Topliss-reactive ketones (excluding diaryl/α,β-unsaturated/α-hetero) is 1. The number of carbonyl (C=O) groups is 3. The minimum atomic E-state index is -1.64. The summed E-state index contributed by atoms with van der Waals surface area (Å²) in [5.74, 6) is -0.632. The molecule has 5 N–H and O–H groups in total. The molecule has 212 valence electrons. The average molecular weight is 548 g/mol. The van der Waals surface area contributed by atoms with Crippen molar-refractivity contribution >= 4 is 23.5 Å². The molecule has 1 aromatic heterocycles. The van der Waals surface area contributed by atoms with Gasteiger partial charge in [-0.2, -0.15) is 5.21 Å². The van der Waals surface area contributed by atoms with E-state index in [0.717, 1.165) is 24.0 Å². The number of amides is 2. The number of benzene rings is 2. The minimum absolute atomic E-state index is 0.120. The third-order valence-electron chi connectivity index (χ3n) is 7.15. The number of tetrazole rings is 1. The number of nitrogens with one attached hydrogen (secondary N) is 3. The summed E-state index contributed by atoms with van der Waals surface area (Å²) in [4.78, 5) is 39.4. The first kappa shape index (κ1) is 28.7. The lowest BCUT2D eigenvalue weighted by molar-refractivity contribution is -0.136. The van der Waals surface area contributed by atoms with Crippen molar-refractivity contribution in [3.8, 4) is 11.4 Å². The molecule has 0 unspecified atom stereocenters. The lowest BCUT2D eigenvalue weighted by atomic mass is 9.72. The van der Waals surface area contributed by atoms with Crippen molar-refractivity contribution in [3.63, 3.8) is 0 Å². The maximum Gasteiger partial charge on any atom is 0.407 e. The van der Waals surface area contributed by atoms with Crippen LogP contribution in [-0.2, 0) is 20.7 Å². The molecule has 2 aromatic carbocycles. The second-order valence-electron chi connectivity index (χ2n) is 11.3. The van der Waals surface area contributed by atoms with Crippen molar-refractivity contribution in [2.45, 2.75) is 64.0 Å². The number of aromatic nitrogens is 4. The Morgan fingerprint density at radius 2 is 1.68 bits per heavy atom. The largest absolute Gasteiger partial charge is 0.444 e. The number of nitrogens with zero attached hydrogens (tertiary/aromatic N) is 3. The topological polar surface area (TPSA) is 165 Å². The molecule has 0 spiro atoms. The maximum absolute atomic E-state index is 14.2. The Labute approximate surface area is 233 Å². The van der Waals surface area contributed by atoms with E-state index in [1.807, 2.05) is 51.1 Å². The van der Waals surface area contributed by atoms with Crippen molar-refractivity contribution in [2.24, 2.45) is 17.6 Å². The monoisotopic (exact) mass is 547 g/mol. The number of ketones is 1. The molecule has 1 fully saturated rings. The van der Waals surface area contributed by atoms with Crippen LogP contribution in [0.3, 0.4) is 0 Å². The highest BCUT2D eigenvalue weighted by Crippen LogP contribution is 2.34. The molecule has 0 aliphatic heterocycles. The zero-order chi connectivity index (χ0) is 28.8. The van der Waals surface area contributed by atoms with Gasteiger partial charge in [-0.3, -0.25) is 9.59 Å². The van der Waals surface area contributed by atoms with Gasteiger partial charge in [0, 0.05) is 30.1 Å². The van der Waals surface area contributed by atoms with Gasteiger partial charge >= 0.3 is 6.09 Å². The molecule has 11 heteroatoms. The van der Waals surface area contributed by atoms with E-state index in [4.69, 9.17) is 10.5 Å². The molecule has 0 bridgehead atoms. The van der Waals surface area contributed by atoms with Crippen LogP contribution >= 0.6 is 0 Å². The molecule has 1 atom stereocenters. The van der Waals surface area contributed by atoms with Crippen molar-refractivity contribution in [2.75, 3.05) is 11.9 Å². The van der Waals surface area contributed by atoms with E-state index in [2.05, 4.69) is 31.3 Å². The first-order valence-corrected chi connectivity index (χ1v) is 13.5. The number of hydrogen-bond acceptors (Lipinski definition) is 8. The van der Waals surface area contributed by atoms with Crippen LogP contribution in [0.1, 0.15) is 52.0 Å². The summed E-state index contributed by atoms with van der Waals surface area (Å²) < 4.78 is 5.33. The lowest BCUT2D eigenvalue weighted by Gasteiger charge is -2.37. The molecule has 0 saturated heterocycles. The molecule has 4 rings (SSSR count). The van der Waals surface area contributed by atoms with Crippen molar-refractivity contribution < 1.29 is 19.1 Å². The van der Waals surface area contributed by atoms with Crippen LogP contribution in [0.5, 0.6) is 0 Å². The SMILES string of the molecule is CC(C)(C)OC(=O)NCC1CCC(C(=O)[C@@](Cc2ccccc2)(Nc2ccc(-c3nn[nH]n3)cc2)C(N)=O)CC1. The molecule has 11 nitrogen and oxygen atoms in total. The highest BCUT2D eigenvalue weighted by Gasteiger charge is 2.48. The van der Waals surface area contributed by atoms with Gasteiger partial charge in [-0.15, -0.1) is 10.2 Å². The van der Waals surface area contributed by atoms with Crippen molar-refractivity contribution in [1.29, 1.82) is 0 Å². The van der Waals surface area contributed by atoms with Crippen LogP contribution in [-0.4, -0.2) is 56.1 Å². The summed E-state index contributed by atoms with van der Waals surface area (Å²) in [5.41, 5.74) is 5.95. The Kier molecular flexibility index (Phi) is 8.81. The Hall–Kier alpha value is -4.28. The predicted molar refractivity (Wildman–Crippen MR) is 150 cm³/mol. The Morgan fingerprint density at radius 1 is 1.00 bits per heavy atom. The second-order valence-corrected chi connectivity index (χ2v) is 11.3. The van der Waals surface area contributed by atoms with Gasteiger partial charge in [0.1, 0.15) is 5.60 Å². The first-order valence-electron chi connectivity index (χ1n) is 13.5. The quantitative estimate of drug-likeness (QED) is 0.279. The maximum atomic E-state index is 14.2. The average Bonchev–Trinajstić information content (AvgIpc) is 3.46. The van der Waals surface area contributed by atoms with Gasteiger partial charge in [-0.05, 0) is 87.4 Å². The van der Waals surface area contributed by atoms with Crippen molar-refractivity contribution in [3.05, 3.63) is 60.2 Å². The Bertz CT molecular complexity index is 1280. The normalized spacial score (nSPS) is 18.8. The number of aromatic amines is 1. The number of anilines is 1. The fourth-order valence-electron chi connectivity index (χ4n) is 5.12. The van der Waals surface area contributed by atoms with Gasteiger partial charge in [0.15, 0.2) is 11.3 Å². The molecule has 40 heavy (non-hydrogen) atoms. The van der Waals surface area contributed by atoms with Crippen LogP contribution < -0.4 is 16.4 Å². The molecule has 1 aliphatic rings. The summed E-state index contributed by atoms with van der Waals surface area (Å²) in [6, 6.07) is 16.5. The molecule has 1 aliphatic carbocycles. The number of nitrogens with two attached hydrogens (primary N) is 1. The van der Waals surface area contributed by atoms with Crippen LogP contribution in [0.25, 0.3) is 11.4 Å². The fraction of sp³-hybridized carbons (Fsp3) is 0.448. The molecule has 1 heterocycles. The van der Waals surface area contributed by atoms with E-state index in [-0.39, 0.29) is 24.0 Å². The van der Waals surface area contributed by atoms with Crippen molar-refractivity contribution in [1.82, 2.24) is 25.9 Å². The highest BCUT2D eigenvalue weighted by molar-refractivity contribution is 6.13. The second kappa shape index (κ2) is 12.3. The Balaban J connectivity index is 1.50. The highest BCUT2D eigenvalue weighted by atomic mass is 16.6. The summed E-state index contributed by atoms with van der Waals surface area (Å²) >= 11 is 0. The number of alkyl carbamates (subject to hydrolysis) is 1. The molecular formula is C29H37N7O4.